The maximum absolute atomic E-state index is 12.3. The number of nitrogens with one attached hydrogen (secondary N) is 1. The molecule has 0 bridgehead atoms. The van der Waals surface area contributed by atoms with E-state index in [-0.39, 0.29) is 42.7 Å². The topological polar surface area (TPSA) is 46.1 Å². The summed E-state index contributed by atoms with van der Waals surface area (Å²) in [5.41, 5.74) is 0. The Bertz CT molecular complexity index is 397. The lowest BCUT2D eigenvalue weighted by molar-refractivity contribution is -0.132. The quantitative estimate of drug-likeness (QED) is 0.361. The summed E-state index contributed by atoms with van der Waals surface area (Å²) in [6.45, 7) is 5.28. The van der Waals surface area contributed by atoms with Crippen LogP contribution in [0, 0.1) is 0 Å². The number of piperidine rings is 1. The van der Waals surface area contributed by atoms with Crippen LogP contribution in [0.1, 0.15) is 39.0 Å². The molecule has 2 fully saturated rings. The molecule has 0 aliphatic carbocycles. The molecule has 148 valence electrons. The van der Waals surface area contributed by atoms with Gasteiger partial charge in [-0.3, -0.25) is 4.99 Å². The number of guanidine groups is 1. The number of aliphatic imine (C=N–C) groups is 1. The van der Waals surface area contributed by atoms with Crippen LogP contribution in [-0.4, -0.2) is 68.6 Å². The van der Waals surface area contributed by atoms with Crippen LogP contribution < -0.4 is 5.32 Å². The summed E-state index contributed by atoms with van der Waals surface area (Å²) in [6.07, 6.45) is -0.741. The Morgan fingerprint density at radius 3 is 2.56 bits per heavy atom. The van der Waals surface area contributed by atoms with Crippen molar-refractivity contribution in [3.05, 3.63) is 0 Å². The molecule has 0 aromatic rings. The molecular formula is C16H29F3IN3O2. The van der Waals surface area contributed by atoms with Gasteiger partial charge in [0, 0.05) is 26.2 Å². The normalized spacial score (nSPS) is 22.8. The second-order valence-electron chi connectivity index (χ2n) is 6.26. The predicted octanol–water partition coefficient (Wildman–Crippen LogP) is 3.18. The highest BCUT2D eigenvalue weighted by Crippen LogP contribution is 2.20. The van der Waals surface area contributed by atoms with Gasteiger partial charge in [0.2, 0.25) is 0 Å². The van der Waals surface area contributed by atoms with Crippen molar-refractivity contribution in [2.45, 2.75) is 57.4 Å². The molecule has 5 nitrogen and oxygen atoms in total. The zero-order valence-electron chi connectivity index (χ0n) is 14.7. The summed E-state index contributed by atoms with van der Waals surface area (Å²) in [6, 6.07) is 0. The fraction of sp³-hybridized carbons (Fsp3) is 0.938. The molecule has 0 saturated carbocycles. The second kappa shape index (κ2) is 11.4. The first-order chi connectivity index (χ1) is 11.5. The molecule has 2 aliphatic rings. The predicted molar refractivity (Wildman–Crippen MR) is 102 cm³/mol. The third kappa shape index (κ3) is 8.76. The lowest BCUT2D eigenvalue weighted by atomic mass is 10.1. The minimum Gasteiger partial charge on any atom is -0.376 e. The number of hydrogen-bond donors (Lipinski definition) is 1. The van der Waals surface area contributed by atoms with E-state index in [1.165, 1.54) is 0 Å². The Morgan fingerprint density at radius 2 is 2.00 bits per heavy atom. The van der Waals surface area contributed by atoms with Crippen LogP contribution in [0.15, 0.2) is 4.99 Å². The van der Waals surface area contributed by atoms with Crippen molar-refractivity contribution >= 4 is 29.9 Å². The SMILES string of the molecule is CCNC(=NCCC(F)(F)F)N1CCC(OCC2CCCO2)CC1.I. The summed E-state index contributed by atoms with van der Waals surface area (Å²) < 4.78 is 48.3. The van der Waals surface area contributed by atoms with E-state index < -0.39 is 12.6 Å². The van der Waals surface area contributed by atoms with Crippen molar-refractivity contribution in [1.29, 1.82) is 0 Å². The van der Waals surface area contributed by atoms with E-state index in [0.717, 1.165) is 45.4 Å². The lowest BCUT2D eigenvalue weighted by Gasteiger charge is -2.34. The summed E-state index contributed by atoms with van der Waals surface area (Å²) in [5.74, 6) is 0.569. The molecule has 2 heterocycles. The molecule has 0 aromatic carbocycles. The van der Waals surface area contributed by atoms with Crippen molar-refractivity contribution in [2.24, 2.45) is 4.99 Å². The van der Waals surface area contributed by atoms with Crippen molar-refractivity contribution in [3.8, 4) is 0 Å². The fourth-order valence-electron chi connectivity index (χ4n) is 2.97. The molecule has 0 amide bonds. The summed E-state index contributed by atoms with van der Waals surface area (Å²) in [5, 5.41) is 3.08. The van der Waals surface area contributed by atoms with E-state index in [0.29, 0.717) is 19.1 Å². The van der Waals surface area contributed by atoms with Crippen molar-refractivity contribution in [1.82, 2.24) is 10.2 Å². The van der Waals surface area contributed by atoms with Crippen LogP contribution in [0.25, 0.3) is 0 Å². The third-order valence-corrected chi connectivity index (χ3v) is 4.28. The van der Waals surface area contributed by atoms with Gasteiger partial charge in [-0.05, 0) is 32.6 Å². The molecule has 1 atom stereocenters. The maximum atomic E-state index is 12.3. The maximum Gasteiger partial charge on any atom is 0.390 e. The van der Waals surface area contributed by atoms with Gasteiger partial charge in [0.05, 0.1) is 31.8 Å². The van der Waals surface area contributed by atoms with Crippen LogP contribution in [0.3, 0.4) is 0 Å². The van der Waals surface area contributed by atoms with Crippen LogP contribution in [0.2, 0.25) is 0 Å². The van der Waals surface area contributed by atoms with Gasteiger partial charge in [-0.15, -0.1) is 24.0 Å². The average molecular weight is 479 g/mol. The molecule has 2 rings (SSSR count). The van der Waals surface area contributed by atoms with Crippen LogP contribution in [-0.2, 0) is 9.47 Å². The summed E-state index contributed by atoms with van der Waals surface area (Å²) >= 11 is 0. The fourth-order valence-corrected chi connectivity index (χ4v) is 2.97. The van der Waals surface area contributed by atoms with Gasteiger partial charge in [-0.1, -0.05) is 0 Å². The second-order valence-corrected chi connectivity index (χ2v) is 6.26. The highest BCUT2D eigenvalue weighted by atomic mass is 127. The molecule has 25 heavy (non-hydrogen) atoms. The molecule has 1 unspecified atom stereocenters. The molecule has 9 heteroatoms. The average Bonchev–Trinajstić information content (AvgIpc) is 3.05. The largest absolute Gasteiger partial charge is 0.390 e. The Balaban J connectivity index is 0.00000312. The van der Waals surface area contributed by atoms with Gasteiger partial charge in [0.25, 0.3) is 0 Å². The number of rotatable bonds is 6. The Kier molecular flexibility index (Phi) is 10.4. The first-order valence-electron chi connectivity index (χ1n) is 8.81. The highest BCUT2D eigenvalue weighted by molar-refractivity contribution is 14.0. The number of likely N-dealkylation sites (tertiary alicyclic amines) is 1. The van der Waals surface area contributed by atoms with Gasteiger partial charge in [-0.2, -0.15) is 13.2 Å². The van der Waals surface area contributed by atoms with E-state index >= 15 is 0 Å². The van der Waals surface area contributed by atoms with Gasteiger partial charge in [0.1, 0.15) is 0 Å². The number of halogens is 4. The van der Waals surface area contributed by atoms with Crippen LogP contribution >= 0.6 is 24.0 Å². The zero-order valence-corrected chi connectivity index (χ0v) is 17.0. The molecule has 1 N–H and O–H groups in total. The molecular weight excluding hydrogens is 450 g/mol. The van der Waals surface area contributed by atoms with E-state index in [2.05, 4.69) is 10.3 Å². The summed E-state index contributed by atoms with van der Waals surface area (Å²) in [4.78, 5) is 6.13. The van der Waals surface area contributed by atoms with Crippen molar-refractivity contribution in [2.75, 3.05) is 39.4 Å². The first-order valence-corrected chi connectivity index (χ1v) is 8.81. The van der Waals surface area contributed by atoms with E-state index in [1.807, 2.05) is 11.8 Å². The van der Waals surface area contributed by atoms with Gasteiger partial charge < -0.3 is 19.7 Å². The van der Waals surface area contributed by atoms with Crippen molar-refractivity contribution in [3.63, 3.8) is 0 Å². The smallest absolute Gasteiger partial charge is 0.376 e. The summed E-state index contributed by atoms with van der Waals surface area (Å²) in [7, 11) is 0. The first kappa shape index (κ1) is 22.8. The number of hydrogen-bond acceptors (Lipinski definition) is 3. The standard InChI is InChI=1S/C16H28F3N3O2.HI/c1-2-20-15(21-8-7-16(17,18)19)22-9-5-13(6-10-22)24-12-14-4-3-11-23-14;/h13-14H,2-12H2,1H3,(H,20,21);1H. The Morgan fingerprint density at radius 1 is 1.28 bits per heavy atom. The van der Waals surface area contributed by atoms with E-state index in [1.54, 1.807) is 0 Å². The highest BCUT2D eigenvalue weighted by Gasteiger charge is 2.27. The number of ether oxygens (including phenoxy) is 2. The molecule has 2 saturated heterocycles. The number of alkyl halides is 3. The van der Waals surface area contributed by atoms with Crippen LogP contribution in [0.5, 0.6) is 0 Å². The van der Waals surface area contributed by atoms with Crippen molar-refractivity contribution < 1.29 is 22.6 Å². The Labute approximate surface area is 164 Å². The van der Waals surface area contributed by atoms with Gasteiger partial charge >= 0.3 is 6.18 Å². The lowest BCUT2D eigenvalue weighted by Crippen LogP contribution is -2.47. The van der Waals surface area contributed by atoms with Crippen LogP contribution in [0.4, 0.5) is 13.2 Å². The molecule has 0 aromatic heterocycles. The van der Waals surface area contributed by atoms with Gasteiger partial charge in [0.15, 0.2) is 5.96 Å². The molecule has 0 spiro atoms. The minimum absolute atomic E-state index is 0. The Hall–Kier alpha value is -0.290. The van der Waals surface area contributed by atoms with E-state index in [4.69, 9.17) is 9.47 Å². The zero-order chi connectivity index (χ0) is 17.4. The molecule has 2 aliphatic heterocycles. The third-order valence-electron chi connectivity index (χ3n) is 4.28. The monoisotopic (exact) mass is 479 g/mol. The van der Waals surface area contributed by atoms with E-state index in [9.17, 15) is 13.2 Å². The van der Waals surface area contributed by atoms with Gasteiger partial charge in [-0.25, -0.2) is 0 Å². The number of nitrogens with zero attached hydrogens (tertiary/aromatic N) is 2. The minimum atomic E-state index is -4.16. The molecule has 0 radical (unpaired) electrons.